The van der Waals surface area contributed by atoms with Crippen LogP contribution >= 0.6 is 34.2 Å². The van der Waals surface area contributed by atoms with Gasteiger partial charge < -0.3 is 62.9 Å². The number of carbonyl (C=O) groups is 4. The van der Waals surface area contributed by atoms with Crippen LogP contribution < -0.4 is 118 Å². The third kappa shape index (κ3) is 18.7. The number of hydrogen-bond donors (Lipinski definition) is 6. The minimum atomic E-state index is -3.82. The molecule has 18 atom stereocenters. The average Bonchev–Trinajstić information content (AvgIpc) is 3.61. The molecule has 0 bridgehead atoms. The Bertz CT molecular complexity index is 1990. The van der Waals surface area contributed by atoms with Gasteiger partial charge in [0, 0.05) is 24.2 Å². The van der Waals surface area contributed by atoms with Crippen LogP contribution in [0.25, 0.3) is 0 Å². The second kappa shape index (κ2) is 30.8. The van der Waals surface area contributed by atoms with Crippen molar-refractivity contribution in [2.75, 3.05) is 11.5 Å². The van der Waals surface area contributed by atoms with Crippen LogP contribution in [0.4, 0.5) is 0 Å². The summed E-state index contributed by atoms with van der Waals surface area (Å²) in [5, 5.41) is 21.2. The first-order valence-electron chi connectivity index (χ1n) is 24.3. The van der Waals surface area contributed by atoms with Crippen molar-refractivity contribution in [3.63, 3.8) is 0 Å². The molecule has 5 aliphatic rings. The fourth-order valence-corrected chi connectivity index (χ4v) is 14.7. The number of hydrogen-bond acceptors (Lipinski definition) is 16. The molecular formula is C46H76Na4O17P2S4+4. The number of aliphatic hydroxyl groups is 1. The van der Waals surface area contributed by atoms with E-state index in [1.165, 1.54) is 0 Å². The largest absolute Gasteiger partial charge is 1.00 e. The molecule has 5 rings (SSSR count). The molecule has 0 aromatic rings. The zero-order valence-electron chi connectivity index (χ0n) is 45.4. The summed E-state index contributed by atoms with van der Waals surface area (Å²) in [5.74, 6) is -10.5. The van der Waals surface area contributed by atoms with Crippen LogP contribution in [-0.2, 0) is 75.9 Å². The third-order valence-corrected chi connectivity index (χ3v) is 21.7. The first-order valence-corrected chi connectivity index (χ1v) is 32.9. The summed E-state index contributed by atoms with van der Waals surface area (Å²) < 4.78 is 46.4. The van der Waals surface area contributed by atoms with Gasteiger partial charge in [0.05, 0.1) is 53.6 Å². The summed E-state index contributed by atoms with van der Waals surface area (Å²) in [6.45, 7) is 18.8. The quantitative estimate of drug-likeness (QED) is 0.0290. The molecule has 27 heteroatoms. The van der Waals surface area contributed by atoms with Crippen molar-refractivity contribution in [3.8, 4) is 0 Å². The van der Waals surface area contributed by atoms with E-state index in [4.69, 9.17) is 56.8 Å². The van der Waals surface area contributed by atoms with Gasteiger partial charge in [0.15, 0.2) is 11.9 Å². The molecule has 4 fully saturated rings. The van der Waals surface area contributed by atoms with E-state index in [-0.39, 0.29) is 148 Å². The Hall–Kier alpha value is 3.42. The molecule has 0 amide bonds. The molecule has 2 spiro atoms. The second-order valence-corrected chi connectivity index (χ2v) is 32.5. The van der Waals surface area contributed by atoms with E-state index in [0.717, 1.165) is 0 Å². The van der Waals surface area contributed by atoms with Gasteiger partial charge in [-0.2, -0.15) is 0 Å². The minimum Gasteiger partial charge on any atom is -0.481 e. The summed E-state index contributed by atoms with van der Waals surface area (Å²) in [6.07, 6.45) is 2.83. The molecule has 0 aromatic heterocycles. The number of Topliss-reactive ketones (excluding diaryl/α,β-unsaturated/α-hetero) is 1. The van der Waals surface area contributed by atoms with Gasteiger partial charge in [0.2, 0.25) is 17.2 Å². The molecule has 6 N–H and O–H groups in total. The number of carboxylic acids is 1. The Kier molecular flexibility index (Phi) is 31.4. The van der Waals surface area contributed by atoms with Crippen molar-refractivity contribution in [1.82, 2.24) is 0 Å². The molecule has 0 aliphatic carbocycles. The number of ketones is 1. The van der Waals surface area contributed by atoms with Gasteiger partial charge in [-0.3, -0.25) is 19.2 Å². The van der Waals surface area contributed by atoms with Crippen LogP contribution in [0.3, 0.4) is 0 Å². The Morgan fingerprint density at radius 3 is 1.92 bits per heavy atom. The van der Waals surface area contributed by atoms with Crippen molar-refractivity contribution in [2.24, 2.45) is 41.4 Å². The van der Waals surface area contributed by atoms with Gasteiger partial charge in [-0.25, -0.2) is 0 Å². The van der Waals surface area contributed by atoms with Gasteiger partial charge in [0.1, 0.15) is 23.4 Å². The molecule has 0 radical (unpaired) electrons. The summed E-state index contributed by atoms with van der Waals surface area (Å²) in [6, 6.07) is 0. The standard InChI is InChI=1S/C46H76O17P2S4.4Na/c1-11-31(42(50)51)33-15-14-25(4)39(58-33)29(8)41(60-37(48)24-69-65(55,56)67)28(7)38(49)32(12-2)40-26(5)22-27(6)45(61-40)19-17-35(59-36(47)23-68-64(53,54)66)46(63-45)21-20-43(10,62-46)34-16-18-44(52,13-3)30(9)57-34;;;;/h17,19,25-35,39-41,52H,11-16,18,20-24H2,1-10H3,(H,50,51)(H2,53,54,66)(H2,55,56,67);;;;/q;4*+1/t25-,26+,27-,28+,29+,30+,31+,32?,33?,34-,35-,39+,40+,41+,43+,44-,45-,46-;;;;/m1..../s1. The van der Waals surface area contributed by atoms with Gasteiger partial charge >= 0.3 is 136 Å². The molecule has 17 nitrogen and oxygen atoms in total. The van der Waals surface area contributed by atoms with E-state index in [2.05, 4.69) is 0 Å². The maximum Gasteiger partial charge on any atom is 1.00 e. The zero-order valence-corrected chi connectivity index (χ0v) is 58.5. The van der Waals surface area contributed by atoms with E-state index < -0.39 is 130 Å². The van der Waals surface area contributed by atoms with Crippen molar-refractivity contribution in [3.05, 3.63) is 12.2 Å². The Balaban J connectivity index is 0.00000666. The minimum absolute atomic E-state index is 0. The predicted octanol–water partition coefficient (Wildman–Crippen LogP) is -4.81. The molecule has 0 aromatic carbocycles. The molecular weight excluding hydrogens is 1110 g/mol. The number of carboxylic acid groups (broad SMARTS) is 1. The monoisotopic (exact) mass is 1180 g/mol. The summed E-state index contributed by atoms with van der Waals surface area (Å²) in [5.41, 5.74) is -9.57. The topological polar surface area (TPSA) is 254 Å². The first kappa shape index (κ1) is 74.4. The van der Waals surface area contributed by atoms with Crippen molar-refractivity contribution in [2.45, 2.75) is 199 Å². The summed E-state index contributed by atoms with van der Waals surface area (Å²) >= 11 is 10.5. The van der Waals surface area contributed by atoms with Crippen molar-refractivity contribution >= 4 is 81.5 Å². The van der Waals surface area contributed by atoms with Gasteiger partial charge in [-0.05, 0) is 119 Å². The van der Waals surface area contributed by atoms with Crippen LogP contribution in [0.15, 0.2) is 12.2 Å². The van der Waals surface area contributed by atoms with Gasteiger partial charge in [0.25, 0.3) is 0 Å². The van der Waals surface area contributed by atoms with Crippen LogP contribution in [-0.4, -0.2) is 130 Å². The SMILES string of the molecule is CCC(C(=O)[C@H](C)[C@H](OC(=O)CSP(O)(O)=S)[C@@H](C)[C@H]1OC([C@H](CC)C(=O)O)CC[C@H]1C)[C@H]1O[C@@]2(C=C[C@@H](OC(=O)CSP(O)(O)=S)[C@@]3(CC[C@@](C)([C@H]4CC[C@](O)(CC)[C@H](C)O4)O3)O2)[C@H](C)C[C@@H]1C.[Na+].[Na+].[Na+].[Na+]. The second-order valence-electron chi connectivity index (χ2n) is 20.4. The van der Waals surface area contributed by atoms with Crippen LogP contribution in [0.1, 0.15) is 133 Å². The molecule has 4 saturated heterocycles. The van der Waals surface area contributed by atoms with E-state index in [0.29, 0.717) is 80.6 Å². The Morgan fingerprint density at radius 1 is 0.795 bits per heavy atom. The average molecular weight is 1180 g/mol. The molecule has 5 aliphatic heterocycles. The van der Waals surface area contributed by atoms with Crippen LogP contribution in [0.5, 0.6) is 0 Å². The molecule has 2 unspecified atom stereocenters. The number of carbonyl (C=O) groups excluding carboxylic acids is 3. The molecule has 5 heterocycles. The summed E-state index contributed by atoms with van der Waals surface area (Å²) in [7, 11) is 0. The predicted molar refractivity (Wildman–Crippen MR) is 269 cm³/mol. The number of aliphatic carboxylic acids is 1. The molecule has 396 valence electrons. The van der Waals surface area contributed by atoms with Gasteiger partial charge in [-0.1, -0.05) is 78.2 Å². The van der Waals surface area contributed by atoms with Crippen molar-refractivity contribution < 1.29 is 200 Å². The molecule has 73 heavy (non-hydrogen) atoms. The third-order valence-electron chi connectivity index (χ3n) is 15.6. The van der Waals surface area contributed by atoms with E-state index >= 15 is 4.79 Å². The fraction of sp³-hybridized carbons (Fsp3) is 0.870. The van der Waals surface area contributed by atoms with Gasteiger partial charge in [-0.15, -0.1) is 0 Å². The maximum atomic E-state index is 15.2. The normalized spacial score (nSPS) is 36.4. The fourth-order valence-electron chi connectivity index (χ4n) is 11.4. The maximum absolute atomic E-state index is 15.2. The van der Waals surface area contributed by atoms with Crippen LogP contribution in [0.2, 0.25) is 0 Å². The number of esters is 2. The smallest absolute Gasteiger partial charge is 0.481 e. The van der Waals surface area contributed by atoms with Crippen molar-refractivity contribution in [1.29, 1.82) is 0 Å². The van der Waals surface area contributed by atoms with E-state index in [9.17, 15) is 44.2 Å². The first-order chi connectivity index (χ1) is 32.0. The molecule has 0 saturated carbocycles. The number of rotatable bonds is 20. The zero-order chi connectivity index (χ0) is 51.7. The van der Waals surface area contributed by atoms with Crippen LogP contribution in [0, 0.1) is 41.4 Å². The number of ether oxygens (including phenoxy) is 7. The Morgan fingerprint density at radius 2 is 1.38 bits per heavy atom. The van der Waals surface area contributed by atoms with E-state index in [1.54, 1.807) is 26.0 Å². The summed E-state index contributed by atoms with van der Waals surface area (Å²) in [4.78, 5) is 93.7. The van der Waals surface area contributed by atoms with E-state index in [1.807, 2.05) is 55.4 Å². The Labute approximate surface area is 539 Å².